The molecule has 0 aromatic carbocycles. The molecule has 2 amide bonds. The first-order chi connectivity index (χ1) is 12.8. The van der Waals surface area contributed by atoms with Gasteiger partial charge in [-0.05, 0) is 12.5 Å². The van der Waals surface area contributed by atoms with Gasteiger partial charge >= 0.3 is 5.97 Å². The molecule has 146 valence electrons. The number of piperidine rings is 2. The minimum atomic E-state index is -1.88. The van der Waals surface area contributed by atoms with Gasteiger partial charge in [-0.2, -0.15) is 0 Å². The number of aliphatic hydroxyl groups is 1. The zero-order chi connectivity index (χ0) is 19.6. The Hall–Kier alpha value is -2.59. The molecule has 0 radical (unpaired) electrons. The van der Waals surface area contributed by atoms with E-state index in [2.05, 4.69) is 20.9 Å². The van der Waals surface area contributed by atoms with Crippen LogP contribution in [-0.4, -0.2) is 52.8 Å². The van der Waals surface area contributed by atoms with E-state index in [9.17, 15) is 19.5 Å². The highest BCUT2D eigenvalue weighted by atomic mass is 19.1. The SMILES string of the molecule is CC(=O)OC1(O)CCNCC1c1nccc(NC2CCC(=O)NC2=O)c1F. The third-order valence-corrected chi connectivity index (χ3v) is 4.69. The molecule has 3 rings (SSSR count). The summed E-state index contributed by atoms with van der Waals surface area (Å²) in [5.74, 6) is -5.12. The molecule has 9 nitrogen and oxygen atoms in total. The van der Waals surface area contributed by atoms with Crippen molar-refractivity contribution in [3.63, 3.8) is 0 Å². The lowest BCUT2D eigenvalue weighted by molar-refractivity contribution is -0.224. The van der Waals surface area contributed by atoms with Crippen molar-refractivity contribution in [2.24, 2.45) is 0 Å². The fourth-order valence-electron chi connectivity index (χ4n) is 3.36. The van der Waals surface area contributed by atoms with Crippen LogP contribution < -0.4 is 16.0 Å². The molecule has 2 aliphatic rings. The Balaban J connectivity index is 1.86. The van der Waals surface area contributed by atoms with E-state index >= 15 is 4.39 Å². The number of pyridine rings is 1. The van der Waals surface area contributed by atoms with Gasteiger partial charge < -0.3 is 20.5 Å². The summed E-state index contributed by atoms with van der Waals surface area (Å²) in [7, 11) is 0. The standard InChI is InChI=1S/C17H21FN4O5/c1-9(23)27-17(26)5-7-19-8-10(17)15-14(18)11(4-6-20-15)21-12-2-3-13(24)22-16(12)25/h4,6,10,12,19,26H,2-3,5,7-8H2,1H3,(H,20,21)(H,22,24,25). The predicted molar refractivity (Wildman–Crippen MR) is 90.9 cm³/mol. The Labute approximate surface area is 154 Å². The molecule has 1 aromatic rings. The summed E-state index contributed by atoms with van der Waals surface area (Å²) >= 11 is 0. The van der Waals surface area contributed by atoms with Crippen LogP contribution in [0, 0.1) is 5.82 Å². The van der Waals surface area contributed by atoms with Crippen LogP contribution in [0.2, 0.25) is 0 Å². The Morgan fingerprint density at radius 2 is 2.26 bits per heavy atom. The van der Waals surface area contributed by atoms with Gasteiger partial charge in [-0.25, -0.2) is 4.39 Å². The minimum Gasteiger partial charge on any atom is -0.433 e. The molecular formula is C17H21FN4O5. The van der Waals surface area contributed by atoms with Crippen molar-refractivity contribution in [3.8, 4) is 0 Å². The molecule has 1 aromatic heterocycles. The number of nitrogens with zero attached hydrogens (tertiary/aromatic N) is 1. The number of nitrogens with one attached hydrogen (secondary N) is 3. The number of ether oxygens (including phenoxy) is 1. The van der Waals surface area contributed by atoms with Crippen LogP contribution in [0.5, 0.6) is 0 Å². The fraction of sp³-hybridized carbons (Fsp3) is 0.529. The second-order valence-corrected chi connectivity index (χ2v) is 6.65. The maximum atomic E-state index is 15.1. The number of imide groups is 1. The first-order valence-corrected chi connectivity index (χ1v) is 8.67. The highest BCUT2D eigenvalue weighted by Gasteiger charge is 2.45. The molecule has 3 heterocycles. The van der Waals surface area contributed by atoms with E-state index in [1.54, 1.807) is 0 Å². The van der Waals surface area contributed by atoms with E-state index in [-0.39, 0.29) is 43.1 Å². The first kappa shape index (κ1) is 19.2. The largest absolute Gasteiger partial charge is 0.433 e. The van der Waals surface area contributed by atoms with Gasteiger partial charge in [0.15, 0.2) is 5.82 Å². The number of hydrogen-bond donors (Lipinski definition) is 4. The Bertz CT molecular complexity index is 774. The molecule has 27 heavy (non-hydrogen) atoms. The number of amides is 2. The van der Waals surface area contributed by atoms with Crippen molar-refractivity contribution in [2.75, 3.05) is 18.4 Å². The number of rotatable bonds is 4. The molecule has 0 spiro atoms. The van der Waals surface area contributed by atoms with Gasteiger partial charge in [-0.3, -0.25) is 24.7 Å². The van der Waals surface area contributed by atoms with Crippen LogP contribution in [0.4, 0.5) is 10.1 Å². The molecule has 3 atom stereocenters. The first-order valence-electron chi connectivity index (χ1n) is 8.67. The van der Waals surface area contributed by atoms with Crippen molar-refractivity contribution >= 4 is 23.5 Å². The maximum absolute atomic E-state index is 15.1. The van der Waals surface area contributed by atoms with E-state index in [0.29, 0.717) is 6.54 Å². The number of carbonyl (C=O) groups excluding carboxylic acids is 3. The Morgan fingerprint density at radius 1 is 1.48 bits per heavy atom. The van der Waals surface area contributed by atoms with E-state index in [0.717, 1.165) is 0 Å². The molecule has 2 fully saturated rings. The molecule has 0 saturated carbocycles. The number of halogens is 1. The van der Waals surface area contributed by atoms with Crippen molar-refractivity contribution < 1.29 is 28.6 Å². The maximum Gasteiger partial charge on any atom is 0.305 e. The summed E-state index contributed by atoms with van der Waals surface area (Å²) in [6.07, 6.45) is 1.82. The summed E-state index contributed by atoms with van der Waals surface area (Å²) in [5, 5.41) is 18.7. The highest BCUT2D eigenvalue weighted by Crippen LogP contribution is 2.36. The van der Waals surface area contributed by atoms with Gasteiger partial charge in [0, 0.05) is 39.1 Å². The molecule has 10 heteroatoms. The van der Waals surface area contributed by atoms with Crippen molar-refractivity contribution in [3.05, 3.63) is 23.8 Å². The highest BCUT2D eigenvalue weighted by molar-refractivity contribution is 6.01. The quantitative estimate of drug-likeness (QED) is 0.320. The summed E-state index contributed by atoms with van der Waals surface area (Å²) in [6, 6.07) is 0.605. The summed E-state index contributed by atoms with van der Waals surface area (Å²) < 4.78 is 20.2. The monoisotopic (exact) mass is 380 g/mol. The lowest BCUT2D eigenvalue weighted by Crippen LogP contribution is -2.51. The Kier molecular flexibility index (Phi) is 5.38. The second kappa shape index (κ2) is 7.57. The molecule has 4 N–H and O–H groups in total. The third kappa shape index (κ3) is 4.06. The van der Waals surface area contributed by atoms with Crippen molar-refractivity contribution in [1.29, 1.82) is 0 Å². The van der Waals surface area contributed by atoms with Gasteiger partial charge in [0.1, 0.15) is 6.04 Å². The average molecular weight is 380 g/mol. The zero-order valence-corrected chi connectivity index (χ0v) is 14.8. The second-order valence-electron chi connectivity index (χ2n) is 6.65. The lowest BCUT2D eigenvalue weighted by atomic mass is 9.88. The molecule has 0 aliphatic carbocycles. The number of anilines is 1. The average Bonchev–Trinajstić information content (AvgIpc) is 2.59. The molecular weight excluding hydrogens is 359 g/mol. The van der Waals surface area contributed by atoms with E-state index in [1.165, 1.54) is 19.2 Å². The van der Waals surface area contributed by atoms with Gasteiger partial charge in [-0.1, -0.05) is 0 Å². The van der Waals surface area contributed by atoms with Gasteiger partial charge in [-0.15, -0.1) is 0 Å². The van der Waals surface area contributed by atoms with E-state index < -0.39 is 35.4 Å². The number of hydrogen-bond acceptors (Lipinski definition) is 8. The lowest BCUT2D eigenvalue weighted by Gasteiger charge is -2.39. The summed E-state index contributed by atoms with van der Waals surface area (Å²) in [4.78, 5) is 38.5. The zero-order valence-electron chi connectivity index (χ0n) is 14.8. The normalized spacial score (nSPS) is 28.4. The summed E-state index contributed by atoms with van der Waals surface area (Å²) in [5.41, 5.74) is -0.0616. The predicted octanol–water partition coefficient (Wildman–Crippen LogP) is -0.234. The van der Waals surface area contributed by atoms with Gasteiger partial charge in [0.05, 0.1) is 17.3 Å². The van der Waals surface area contributed by atoms with E-state index in [4.69, 9.17) is 4.74 Å². The van der Waals surface area contributed by atoms with Gasteiger partial charge in [0.2, 0.25) is 17.6 Å². The van der Waals surface area contributed by atoms with Crippen molar-refractivity contribution in [1.82, 2.24) is 15.6 Å². The van der Waals surface area contributed by atoms with Gasteiger partial charge in [0.25, 0.3) is 0 Å². The third-order valence-electron chi connectivity index (χ3n) is 4.69. The fourth-order valence-corrected chi connectivity index (χ4v) is 3.36. The van der Waals surface area contributed by atoms with Crippen LogP contribution >= 0.6 is 0 Å². The van der Waals surface area contributed by atoms with Crippen LogP contribution in [-0.2, 0) is 19.1 Å². The Morgan fingerprint density at radius 3 is 2.96 bits per heavy atom. The molecule has 2 aliphatic heterocycles. The number of aromatic nitrogens is 1. The van der Waals surface area contributed by atoms with Crippen molar-refractivity contribution in [2.45, 2.75) is 43.9 Å². The van der Waals surface area contributed by atoms with Crippen LogP contribution in [0.15, 0.2) is 12.3 Å². The van der Waals surface area contributed by atoms with Crippen LogP contribution in [0.25, 0.3) is 0 Å². The summed E-state index contributed by atoms with van der Waals surface area (Å²) in [6.45, 7) is 1.73. The van der Waals surface area contributed by atoms with Crippen LogP contribution in [0.3, 0.4) is 0 Å². The number of carbonyl (C=O) groups is 3. The topological polar surface area (TPSA) is 130 Å². The molecule has 0 bridgehead atoms. The van der Waals surface area contributed by atoms with Crippen LogP contribution in [0.1, 0.15) is 37.8 Å². The number of esters is 1. The smallest absolute Gasteiger partial charge is 0.305 e. The molecule has 3 unspecified atom stereocenters. The molecule has 2 saturated heterocycles. The van der Waals surface area contributed by atoms with E-state index in [1.807, 2.05) is 0 Å². The minimum absolute atomic E-state index is 0.0187.